The number of hydrogen-bond donors (Lipinski definition) is 2. The maximum absolute atomic E-state index is 12.9. The normalized spacial score (nSPS) is 14.9. The molecule has 35 heavy (non-hydrogen) atoms. The second-order valence-corrected chi connectivity index (χ2v) is 8.68. The van der Waals surface area contributed by atoms with Crippen molar-refractivity contribution in [1.82, 2.24) is 15.1 Å². The lowest BCUT2D eigenvalue weighted by molar-refractivity contribution is -0.117. The Morgan fingerprint density at radius 2 is 1.60 bits per heavy atom. The van der Waals surface area contributed by atoms with Crippen LogP contribution >= 0.6 is 0 Å². The van der Waals surface area contributed by atoms with E-state index in [1.807, 2.05) is 42.2 Å². The molecule has 1 aromatic heterocycles. The van der Waals surface area contributed by atoms with Crippen molar-refractivity contribution < 1.29 is 18.8 Å². The number of furan rings is 1. The van der Waals surface area contributed by atoms with Crippen LogP contribution in [0.3, 0.4) is 0 Å². The van der Waals surface area contributed by atoms with Crippen molar-refractivity contribution in [2.24, 2.45) is 0 Å². The number of anilines is 1. The molecule has 1 fully saturated rings. The zero-order chi connectivity index (χ0) is 24.8. The van der Waals surface area contributed by atoms with Gasteiger partial charge in [-0.05, 0) is 43.7 Å². The summed E-state index contributed by atoms with van der Waals surface area (Å²) in [5.74, 6) is 0.449. The van der Waals surface area contributed by atoms with Gasteiger partial charge in [-0.3, -0.25) is 19.3 Å². The Bertz CT molecular complexity index is 1180. The Balaban J connectivity index is 1.30. The first-order valence-corrected chi connectivity index (χ1v) is 11.7. The highest BCUT2D eigenvalue weighted by Crippen LogP contribution is 2.18. The van der Waals surface area contributed by atoms with Gasteiger partial charge in [-0.1, -0.05) is 42.5 Å². The van der Waals surface area contributed by atoms with Crippen LogP contribution in [0.1, 0.15) is 45.2 Å². The van der Waals surface area contributed by atoms with Gasteiger partial charge in [0.15, 0.2) is 5.76 Å². The van der Waals surface area contributed by atoms with E-state index in [1.54, 1.807) is 48.2 Å². The lowest BCUT2D eigenvalue weighted by Gasteiger charge is -2.33. The van der Waals surface area contributed by atoms with Crippen LogP contribution < -0.4 is 10.6 Å². The third kappa shape index (κ3) is 6.16. The SMILES string of the molecule is Cc1ccc(C(=O)N2CCN(CC(=O)Nc3ccccc3C(=O)NC(C)c3ccccc3)CC2)o1. The number of nitrogens with one attached hydrogen (secondary N) is 2. The van der Waals surface area contributed by atoms with Crippen LogP contribution in [0.15, 0.2) is 71.1 Å². The Morgan fingerprint density at radius 3 is 2.29 bits per heavy atom. The predicted octanol–water partition coefficient (Wildman–Crippen LogP) is 3.48. The Labute approximate surface area is 204 Å². The molecule has 0 saturated carbocycles. The molecular weight excluding hydrogens is 444 g/mol. The van der Waals surface area contributed by atoms with Crippen LogP contribution in [0, 0.1) is 6.92 Å². The molecule has 8 nitrogen and oxygen atoms in total. The van der Waals surface area contributed by atoms with E-state index in [9.17, 15) is 14.4 Å². The van der Waals surface area contributed by atoms with E-state index >= 15 is 0 Å². The summed E-state index contributed by atoms with van der Waals surface area (Å²) in [6.45, 7) is 6.10. The number of nitrogens with zero attached hydrogens (tertiary/aromatic N) is 2. The molecule has 3 aromatic rings. The Kier molecular flexibility index (Phi) is 7.62. The first-order valence-electron chi connectivity index (χ1n) is 11.7. The summed E-state index contributed by atoms with van der Waals surface area (Å²) in [4.78, 5) is 42.0. The van der Waals surface area contributed by atoms with E-state index in [2.05, 4.69) is 10.6 Å². The number of aryl methyl sites for hydroxylation is 1. The Morgan fingerprint density at radius 1 is 0.914 bits per heavy atom. The summed E-state index contributed by atoms with van der Waals surface area (Å²) in [5.41, 5.74) is 1.88. The highest BCUT2D eigenvalue weighted by atomic mass is 16.3. The molecule has 3 amide bonds. The van der Waals surface area contributed by atoms with Gasteiger partial charge in [0.25, 0.3) is 11.8 Å². The van der Waals surface area contributed by atoms with Crippen LogP contribution in [0.5, 0.6) is 0 Å². The quantitative estimate of drug-likeness (QED) is 0.547. The number of para-hydroxylation sites is 1. The van der Waals surface area contributed by atoms with Crippen molar-refractivity contribution >= 4 is 23.4 Å². The average Bonchev–Trinajstić information content (AvgIpc) is 3.31. The minimum Gasteiger partial charge on any atom is -0.456 e. The topological polar surface area (TPSA) is 94.9 Å². The van der Waals surface area contributed by atoms with Crippen molar-refractivity contribution in [1.29, 1.82) is 0 Å². The van der Waals surface area contributed by atoms with Gasteiger partial charge < -0.3 is 20.0 Å². The molecule has 8 heteroatoms. The largest absolute Gasteiger partial charge is 0.456 e. The van der Waals surface area contributed by atoms with Crippen LogP contribution in [-0.2, 0) is 4.79 Å². The minimum atomic E-state index is -0.252. The van der Waals surface area contributed by atoms with E-state index in [0.29, 0.717) is 49.0 Å². The zero-order valence-corrected chi connectivity index (χ0v) is 20.0. The lowest BCUT2D eigenvalue weighted by Crippen LogP contribution is -2.50. The van der Waals surface area contributed by atoms with Gasteiger partial charge in [-0.15, -0.1) is 0 Å². The average molecular weight is 475 g/mol. The number of benzene rings is 2. The molecular formula is C27H30N4O4. The second-order valence-electron chi connectivity index (χ2n) is 8.68. The fraction of sp³-hybridized carbons (Fsp3) is 0.296. The van der Waals surface area contributed by atoms with Crippen molar-refractivity contribution in [3.63, 3.8) is 0 Å². The maximum Gasteiger partial charge on any atom is 0.289 e. The van der Waals surface area contributed by atoms with Crippen molar-refractivity contribution in [3.05, 3.63) is 89.4 Å². The molecule has 1 saturated heterocycles. The van der Waals surface area contributed by atoms with Gasteiger partial charge in [-0.25, -0.2) is 0 Å². The molecule has 0 spiro atoms. The first kappa shape index (κ1) is 24.2. The van der Waals surface area contributed by atoms with Crippen LogP contribution in [0.2, 0.25) is 0 Å². The predicted molar refractivity (Wildman–Crippen MR) is 133 cm³/mol. The monoisotopic (exact) mass is 474 g/mol. The van der Waals surface area contributed by atoms with E-state index in [4.69, 9.17) is 4.42 Å². The van der Waals surface area contributed by atoms with Crippen LogP contribution in [0.4, 0.5) is 5.69 Å². The van der Waals surface area contributed by atoms with Gasteiger partial charge in [0.2, 0.25) is 5.91 Å². The molecule has 4 rings (SSSR count). The number of carbonyl (C=O) groups is 3. The van der Waals surface area contributed by atoms with Crippen LogP contribution in [0.25, 0.3) is 0 Å². The highest BCUT2D eigenvalue weighted by Gasteiger charge is 2.25. The van der Waals surface area contributed by atoms with E-state index in [0.717, 1.165) is 5.56 Å². The van der Waals surface area contributed by atoms with Gasteiger partial charge in [-0.2, -0.15) is 0 Å². The summed E-state index contributed by atoms with van der Waals surface area (Å²) < 4.78 is 5.43. The number of amides is 3. The molecule has 2 heterocycles. The molecule has 0 aliphatic carbocycles. The molecule has 1 atom stereocenters. The molecule has 1 unspecified atom stereocenters. The number of carbonyl (C=O) groups excluding carboxylic acids is 3. The van der Waals surface area contributed by atoms with Crippen molar-refractivity contribution in [2.75, 3.05) is 38.0 Å². The summed E-state index contributed by atoms with van der Waals surface area (Å²) in [6, 6.07) is 20.0. The number of piperazine rings is 1. The number of hydrogen-bond acceptors (Lipinski definition) is 5. The smallest absolute Gasteiger partial charge is 0.289 e. The molecule has 1 aliphatic rings. The van der Waals surface area contributed by atoms with Crippen molar-refractivity contribution in [2.45, 2.75) is 19.9 Å². The van der Waals surface area contributed by atoms with E-state index in [1.165, 1.54) is 0 Å². The summed E-state index contributed by atoms with van der Waals surface area (Å²) in [6.07, 6.45) is 0. The minimum absolute atomic E-state index is 0.133. The Hall–Kier alpha value is -3.91. The maximum atomic E-state index is 12.9. The fourth-order valence-electron chi connectivity index (χ4n) is 4.10. The first-order chi connectivity index (χ1) is 16.9. The van der Waals surface area contributed by atoms with E-state index in [-0.39, 0.29) is 30.3 Å². The molecule has 0 bridgehead atoms. The molecule has 2 aromatic carbocycles. The third-order valence-corrected chi connectivity index (χ3v) is 6.07. The molecule has 2 N–H and O–H groups in total. The van der Waals surface area contributed by atoms with Gasteiger partial charge in [0.05, 0.1) is 23.8 Å². The highest BCUT2D eigenvalue weighted by molar-refractivity contribution is 6.04. The molecule has 1 aliphatic heterocycles. The molecule has 0 radical (unpaired) electrons. The van der Waals surface area contributed by atoms with Gasteiger partial charge in [0.1, 0.15) is 5.76 Å². The van der Waals surface area contributed by atoms with E-state index < -0.39 is 0 Å². The fourth-order valence-corrected chi connectivity index (χ4v) is 4.10. The third-order valence-electron chi connectivity index (χ3n) is 6.07. The van der Waals surface area contributed by atoms with Crippen molar-refractivity contribution in [3.8, 4) is 0 Å². The second kappa shape index (κ2) is 11.0. The lowest BCUT2D eigenvalue weighted by atomic mass is 10.1. The summed E-state index contributed by atoms with van der Waals surface area (Å²) >= 11 is 0. The molecule has 182 valence electrons. The van der Waals surface area contributed by atoms with Gasteiger partial charge >= 0.3 is 0 Å². The summed E-state index contributed by atoms with van der Waals surface area (Å²) in [7, 11) is 0. The number of rotatable bonds is 7. The summed E-state index contributed by atoms with van der Waals surface area (Å²) in [5, 5.41) is 5.87. The standard InChI is InChI=1S/C27H30N4O4/c1-19-12-13-24(35-19)27(34)31-16-14-30(15-17-31)18-25(32)29-23-11-7-6-10-22(23)26(33)28-20(2)21-8-4-3-5-9-21/h3-13,20H,14-18H2,1-2H3,(H,28,33)(H,29,32). The van der Waals surface area contributed by atoms with Crippen LogP contribution in [-0.4, -0.2) is 60.2 Å². The zero-order valence-electron chi connectivity index (χ0n) is 20.0. The van der Waals surface area contributed by atoms with Gasteiger partial charge in [0, 0.05) is 26.2 Å².